The van der Waals surface area contributed by atoms with Crippen molar-refractivity contribution >= 4 is 10.8 Å². The quantitative estimate of drug-likeness (QED) is 0.803. The van der Waals surface area contributed by atoms with Crippen molar-refractivity contribution in [3.63, 3.8) is 0 Å². The van der Waals surface area contributed by atoms with Gasteiger partial charge in [-0.3, -0.25) is 0 Å². The van der Waals surface area contributed by atoms with Gasteiger partial charge in [-0.2, -0.15) is 5.26 Å². The van der Waals surface area contributed by atoms with Gasteiger partial charge in [0.1, 0.15) is 5.75 Å². The summed E-state index contributed by atoms with van der Waals surface area (Å²) < 4.78 is 0. The molecule has 0 bridgehead atoms. The fraction of sp³-hybridized carbons (Fsp3) is 0.154. The Morgan fingerprint density at radius 3 is 2.56 bits per heavy atom. The number of nitrogens with two attached hydrogens (primary N) is 1. The predicted molar refractivity (Wildman–Crippen MR) is 62.8 cm³/mol. The average Bonchev–Trinajstić information content (AvgIpc) is 2.30. The van der Waals surface area contributed by atoms with Crippen molar-refractivity contribution in [1.82, 2.24) is 0 Å². The summed E-state index contributed by atoms with van der Waals surface area (Å²) in [6.45, 7) is 0. The van der Waals surface area contributed by atoms with Crippen molar-refractivity contribution in [3.05, 3.63) is 42.0 Å². The highest BCUT2D eigenvalue weighted by Crippen LogP contribution is 2.30. The zero-order valence-electron chi connectivity index (χ0n) is 8.72. The molecule has 3 nitrogen and oxygen atoms in total. The van der Waals surface area contributed by atoms with E-state index in [0.717, 1.165) is 16.3 Å². The monoisotopic (exact) mass is 212 g/mol. The fourth-order valence-electron chi connectivity index (χ4n) is 1.84. The number of fused-ring (bicyclic) bond motifs is 1. The number of nitriles is 1. The van der Waals surface area contributed by atoms with E-state index < -0.39 is 0 Å². The molecule has 2 rings (SSSR count). The first kappa shape index (κ1) is 10.5. The molecule has 2 aromatic carbocycles. The van der Waals surface area contributed by atoms with Gasteiger partial charge in [-0.05, 0) is 17.0 Å². The molecule has 0 amide bonds. The molecule has 0 heterocycles. The van der Waals surface area contributed by atoms with Gasteiger partial charge in [0, 0.05) is 11.4 Å². The van der Waals surface area contributed by atoms with Crippen LogP contribution >= 0.6 is 0 Å². The van der Waals surface area contributed by atoms with Gasteiger partial charge in [0.05, 0.1) is 12.5 Å². The second kappa shape index (κ2) is 4.21. The molecule has 3 heteroatoms. The van der Waals surface area contributed by atoms with Crippen molar-refractivity contribution in [3.8, 4) is 11.8 Å². The number of hydrogen-bond acceptors (Lipinski definition) is 3. The van der Waals surface area contributed by atoms with Crippen molar-refractivity contribution in [1.29, 1.82) is 5.26 Å². The number of rotatable bonds is 2. The Hall–Kier alpha value is -2.05. The molecule has 2 aromatic rings. The lowest BCUT2D eigenvalue weighted by molar-refractivity contribution is 0.481. The normalized spacial score (nSPS) is 12.2. The van der Waals surface area contributed by atoms with Gasteiger partial charge < -0.3 is 10.8 Å². The van der Waals surface area contributed by atoms with Crippen molar-refractivity contribution in [2.75, 3.05) is 0 Å². The minimum absolute atomic E-state index is 0.239. The molecule has 0 spiro atoms. The maximum atomic E-state index is 9.70. The zero-order chi connectivity index (χ0) is 11.5. The fourth-order valence-corrected chi connectivity index (χ4v) is 1.84. The lowest BCUT2D eigenvalue weighted by Crippen LogP contribution is -2.09. The Kier molecular flexibility index (Phi) is 2.76. The van der Waals surface area contributed by atoms with E-state index in [4.69, 9.17) is 11.0 Å². The Balaban J connectivity index is 2.63. The Labute approximate surface area is 93.7 Å². The summed E-state index contributed by atoms with van der Waals surface area (Å²) in [4.78, 5) is 0. The molecule has 16 heavy (non-hydrogen) atoms. The Bertz CT molecular complexity index is 557. The van der Waals surface area contributed by atoms with Crippen LogP contribution in [0.25, 0.3) is 10.8 Å². The molecular formula is C13H12N2O. The van der Waals surface area contributed by atoms with Gasteiger partial charge in [-0.1, -0.05) is 30.3 Å². The van der Waals surface area contributed by atoms with E-state index in [1.807, 2.05) is 24.3 Å². The minimum Gasteiger partial charge on any atom is -0.507 e. The summed E-state index contributed by atoms with van der Waals surface area (Å²) >= 11 is 0. The van der Waals surface area contributed by atoms with Crippen molar-refractivity contribution < 1.29 is 5.11 Å². The van der Waals surface area contributed by atoms with E-state index in [0.29, 0.717) is 0 Å². The van der Waals surface area contributed by atoms with Crippen LogP contribution in [0.2, 0.25) is 0 Å². The van der Waals surface area contributed by atoms with E-state index in [2.05, 4.69) is 6.07 Å². The van der Waals surface area contributed by atoms with Crippen LogP contribution in [0.3, 0.4) is 0 Å². The highest BCUT2D eigenvalue weighted by molar-refractivity contribution is 5.91. The predicted octanol–water partition coefficient (Wildman–Crippen LogP) is 2.46. The van der Waals surface area contributed by atoms with E-state index in [9.17, 15) is 5.11 Å². The summed E-state index contributed by atoms with van der Waals surface area (Å²) in [7, 11) is 0. The maximum Gasteiger partial charge on any atom is 0.123 e. The first-order chi connectivity index (χ1) is 7.74. The SMILES string of the molecule is N#CC[C@H](N)c1ccc(O)c2ccccc12. The Morgan fingerprint density at radius 2 is 1.88 bits per heavy atom. The van der Waals surface area contributed by atoms with E-state index >= 15 is 0 Å². The largest absolute Gasteiger partial charge is 0.507 e. The number of benzene rings is 2. The number of phenolic OH excluding ortho intramolecular Hbond substituents is 1. The third-order valence-corrected chi connectivity index (χ3v) is 2.65. The third-order valence-electron chi connectivity index (χ3n) is 2.65. The summed E-state index contributed by atoms with van der Waals surface area (Å²) in [5, 5.41) is 20.0. The number of nitrogens with zero attached hydrogens (tertiary/aromatic N) is 1. The summed E-state index contributed by atoms with van der Waals surface area (Å²) in [5.74, 6) is 0.239. The van der Waals surface area contributed by atoms with Gasteiger partial charge in [-0.25, -0.2) is 0 Å². The molecule has 0 aliphatic heterocycles. The summed E-state index contributed by atoms with van der Waals surface area (Å²) in [6, 6.07) is 12.6. The van der Waals surface area contributed by atoms with Gasteiger partial charge in [0.2, 0.25) is 0 Å². The standard InChI is InChI=1S/C13H12N2O/c14-8-7-12(15)10-5-6-13(16)11-4-2-1-3-9(10)11/h1-6,12,16H,7,15H2/t12-/m0/s1. The molecule has 1 atom stereocenters. The zero-order valence-corrected chi connectivity index (χ0v) is 8.72. The summed E-state index contributed by atoms with van der Waals surface area (Å²) in [6.07, 6.45) is 0.273. The lowest BCUT2D eigenvalue weighted by Gasteiger charge is -2.12. The van der Waals surface area contributed by atoms with Crippen LogP contribution in [0.4, 0.5) is 0 Å². The molecule has 0 fully saturated rings. The van der Waals surface area contributed by atoms with E-state index in [1.165, 1.54) is 0 Å². The van der Waals surface area contributed by atoms with Gasteiger partial charge in [-0.15, -0.1) is 0 Å². The number of aromatic hydroxyl groups is 1. The molecule has 3 N–H and O–H groups in total. The van der Waals surface area contributed by atoms with Crippen LogP contribution in [-0.2, 0) is 0 Å². The number of hydrogen-bond donors (Lipinski definition) is 2. The van der Waals surface area contributed by atoms with Gasteiger partial charge in [0.25, 0.3) is 0 Å². The van der Waals surface area contributed by atoms with Crippen molar-refractivity contribution in [2.45, 2.75) is 12.5 Å². The molecular weight excluding hydrogens is 200 g/mol. The van der Waals surface area contributed by atoms with Crippen LogP contribution in [0.5, 0.6) is 5.75 Å². The smallest absolute Gasteiger partial charge is 0.123 e. The van der Waals surface area contributed by atoms with Crippen LogP contribution in [0.15, 0.2) is 36.4 Å². The van der Waals surface area contributed by atoms with E-state index in [-0.39, 0.29) is 18.2 Å². The highest BCUT2D eigenvalue weighted by atomic mass is 16.3. The molecule has 0 saturated heterocycles. The molecule has 0 unspecified atom stereocenters. The van der Waals surface area contributed by atoms with Crippen LogP contribution in [0.1, 0.15) is 18.0 Å². The van der Waals surface area contributed by atoms with Crippen LogP contribution in [-0.4, -0.2) is 5.11 Å². The molecule has 80 valence electrons. The number of phenols is 1. The van der Waals surface area contributed by atoms with Crippen LogP contribution < -0.4 is 5.73 Å². The molecule has 0 aliphatic carbocycles. The molecule has 0 aliphatic rings. The Morgan fingerprint density at radius 1 is 1.19 bits per heavy atom. The first-order valence-corrected chi connectivity index (χ1v) is 5.07. The van der Waals surface area contributed by atoms with Crippen molar-refractivity contribution in [2.24, 2.45) is 5.73 Å². The maximum absolute atomic E-state index is 9.70. The highest BCUT2D eigenvalue weighted by Gasteiger charge is 2.10. The summed E-state index contributed by atoms with van der Waals surface area (Å²) in [5.41, 5.74) is 6.82. The first-order valence-electron chi connectivity index (χ1n) is 5.07. The molecule has 0 saturated carbocycles. The van der Waals surface area contributed by atoms with E-state index in [1.54, 1.807) is 12.1 Å². The average molecular weight is 212 g/mol. The molecule has 0 aromatic heterocycles. The second-order valence-corrected chi connectivity index (χ2v) is 3.69. The van der Waals surface area contributed by atoms with Crippen LogP contribution in [0, 0.1) is 11.3 Å². The van der Waals surface area contributed by atoms with Gasteiger partial charge in [0.15, 0.2) is 0 Å². The topological polar surface area (TPSA) is 70.0 Å². The minimum atomic E-state index is -0.310. The second-order valence-electron chi connectivity index (χ2n) is 3.69. The lowest BCUT2D eigenvalue weighted by atomic mass is 9.97. The third kappa shape index (κ3) is 1.71. The molecule has 0 radical (unpaired) electrons. The van der Waals surface area contributed by atoms with Gasteiger partial charge >= 0.3 is 0 Å².